The number of rotatable bonds is 3. The number of oxazole rings is 1. The van der Waals surface area contributed by atoms with Crippen LogP contribution in [0.2, 0.25) is 0 Å². The lowest BCUT2D eigenvalue weighted by Crippen LogP contribution is -2.29. The second-order valence-electron chi connectivity index (χ2n) is 8.54. The van der Waals surface area contributed by atoms with Crippen molar-refractivity contribution in [1.29, 1.82) is 0 Å². The molecular formula is C20H24FN5O2. The fourth-order valence-corrected chi connectivity index (χ4v) is 4.51. The molecule has 0 spiro atoms. The highest BCUT2D eigenvalue weighted by Crippen LogP contribution is 2.47. The number of nitrogens with one attached hydrogen (secondary N) is 1. The molecule has 2 unspecified atom stereocenters. The van der Waals surface area contributed by atoms with E-state index in [4.69, 9.17) is 9.40 Å². The van der Waals surface area contributed by atoms with Crippen LogP contribution in [0.3, 0.4) is 0 Å². The molecule has 2 fully saturated rings. The molecule has 0 aliphatic heterocycles. The molecular weight excluding hydrogens is 361 g/mol. The van der Waals surface area contributed by atoms with Crippen LogP contribution in [-0.4, -0.2) is 30.4 Å². The van der Waals surface area contributed by atoms with Gasteiger partial charge in [0, 0.05) is 11.8 Å². The Labute approximate surface area is 161 Å². The molecule has 2 atom stereocenters. The van der Waals surface area contributed by atoms with Crippen LogP contribution in [0.1, 0.15) is 80.7 Å². The Balaban J connectivity index is 1.49. The van der Waals surface area contributed by atoms with Gasteiger partial charge >= 0.3 is 0 Å². The van der Waals surface area contributed by atoms with E-state index in [1.165, 1.54) is 0 Å². The molecule has 148 valence electrons. The van der Waals surface area contributed by atoms with Gasteiger partial charge in [0.25, 0.3) is 5.56 Å². The maximum absolute atomic E-state index is 14.2. The number of fused-ring (bicyclic) bond motifs is 1. The third-order valence-electron chi connectivity index (χ3n) is 6.40. The molecule has 3 aromatic rings. The van der Waals surface area contributed by atoms with Crippen LogP contribution >= 0.6 is 0 Å². The molecule has 0 saturated heterocycles. The van der Waals surface area contributed by atoms with E-state index in [1.807, 2.05) is 11.6 Å². The first-order valence-electron chi connectivity index (χ1n) is 10.00. The van der Waals surface area contributed by atoms with Crippen LogP contribution < -0.4 is 5.56 Å². The number of alkyl halides is 1. The van der Waals surface area contributed by atoms with Gasteiger partial charge in [0.15, 0.2) is 11.5 Å². The monoisotopic (exact) mass is 385 g/mol. The van der Waals surface area contributed by atoms with Gasteiger partial charge < -0.3 is 9.40 Å². The lowest BCUT2D eigenvalue weighted by Gasteiger charge is -2.33. The molecule has 0 bridgehead atoms. The molecule has 5 rings (SSSR count). The van der Waals surface area contributed by atoms with E-state index in [1.54, 1.807) is 19.4 Å². The van der Waals surface area contributed by atoms with E-state index >= 15 is 0 Å². The lowest BCUT2D eigenvalue weighted by atomic mass is 9.73. The second-order valence-corrected chi connectivity index (χ2v) is 8.54. The van der Waals surface area contributed by atoms with E-state index in [9.17, 15) is 9.18 Å². The summed E-state index contributed by atoms with van der Waals surface area (Å²) in [5.41, 5.74) is 0.169. The molecule has 2 aliphatic carbocycles. The number of nitrogens with zero attached hydrogens (tertiary/aromatic N) is 4. The van der Waals surface area contributed by atoms with Gasteiger partial charge in [-0.3, -0.25) is 4.79 Å². The number of halogens is 1. The number of hydrogen-bond donors (Lipinski definition) is 1. The minimum absolute atomic E-state index is 0.0788. The first kappa shape index (κ1) is 17.6. The van der Waals surface area contributed by atoms with E-state index in [-0.39, 0.29) is 23.4 Å². The van der Waals surface area contributed by atoms with Gasteiger partial charge in [0.05, 0.1) is 17.9 Å². The zero-order valence-corrected chi connectivity index (χ0v) is 16.1. The summed E-state index contributed by atoms with van der Waals surface area (Å²) in [5.74, 6) is 1.59. The van der Waals surface area contributed by atoms with Crippen LogP contribution in [0, 0.1) is 6.92 Å². The van der Waals surface area contributed by atoms with Crippen LogP contribution in [0.4, 0.5) is 4.39 Å². The zero-order chi connectivity index (χ0) is 19.5. The topological polar surface area (TPSA) is 89.6 Å². The number of aromatic nitrogens is 5. The summed E-state index contributed by atoms with van der Waals surface area (Å²) >= 11 is 0. The van der Waals surface area contributed by atoms with Crippen molar-refractivity contribution in [3.8, 4) is 0 Å². The second kappa shape index (κ2) is 6.25. The summed E-state index contributed by atoms with van der Waals surface area (Å²) in [6.45, 7) is 3.56. The van der Waals surface area contributed by atoms with Gasteiger partial charge in [-0.25, -0.2) is 19.0 Å². The Morgan fingerprint density at radius 3 is 2.61 bits per heavy atom. The van der Waals surface area contributed by atoms with Gasteiger partial charge in [-0.1, -0.05) is 0 Å². The smallest absolute Gasteiger partial charge is 0.262 e. The van der Waals surface area contributed by atoms with Gasteiger partial charge in [0.1, 0.15) is 23.1 Å². The van der Waals surface area contributed by atoms with Crippen molar-refractivity contribution < 1.29 is 8.81 Å². The Hall–Kier alpha value is -2.51. The molecule has 2 saturated carbocycles. The van der Waals surface area contributed by atoms with Crippen molar-refractivity contribution in [2.45, 2.75) is 75.9 Å². The quantitative estimate of drug-likeness (QED) is 0.738. The average Bonchev–Trinajstić information content (AvgIpc) is 3.21. The molecule has 28 heavy (non-hydrogen) atoms. The first-order chi connectivity index (χ1) is 13.4. The van der Waals surface area contributed by atoms with Crippen molar-refractivity contribution in [2.24, 2.45) is 0 Å². The first-order valence-corrected chi connectivity index (χ1v) is 10.00. The van der Waals surface area contributed by atoms with E-state index < -0.39 is 5.67 Å². The molecule has 2 aliphatic rings. The van der Waals surface area contributed by atoms with Crippen LogP contribution in [-0.2, 0) is 0 Å². The summed E-state index contributed by atoms with van der Waals surface area (Å²) in [4.78, 5) is 24.8. The summed E-state index contributed by atoms with van der Waals surface area (Å²) in [6, 6.07) is 0.0788. The number of aromatic amines is 1. The normalized spacial score (nSPS) is 30.5. The maximum Gasteiger partial charge on any atom is 0.262 e. The van der Waals surface area contributed by atoms with Crippen molar-refractivity contribution in [2.75, 3.05) is 0 Å². The van der Waals surface area contributed by atoms with E-state index in [0.717, 1.165) is 18.5 Å². The largest absolute Gasteiger partial charge is 0.448 e. The lowest BCUT2D eigenvalue weighted by molar-refractivity contribution is 0.103. The Morgan fingerprint density at radius 1 is 1.21 bits per heavy atom. The molecule has 0 aromatic carbocycles. The van der Waals surface area contributed by atoms with Crippen molar-refractivity contribution in [3.05, 3.63) is 40.2 Å². The molecule has 3 aromatic heterocycles. The predicted octanol–water partition coefficient (Wildman–Crippen LogP) is 3.92. The van der Waals surface area contributed by atoms with Crippen LogP contribution in [0.5, 0.6) is 0 Å². The SMILES string of the molecule is Cc1coc(C2CCC2c2nc3c(cnn3C3CCC(C)(F)CC3)c(=O)[nH]2)n1. The predicted molar refractivity (Wildman–Crippen MR) is 101 cm³/mol. The van der Waals surface area contributed by atoms with Crippen molar-refractivity contribution in [3.63, 3.8) is 0 Å². The maximum atomic E-state index is 14.2. The van der Waals surface area contributed by atoms with Gasteiger partial charge in [0.2, 0.25) is 0 Å². The summed E-state index contributed by atoms with van der Waals surface area (Å²) in [7, 11) is 0. The average molecular weight is 385 g/mol. The Morgan fingerprint density at radius 2 is 1.96 bits per heavy atom. The molecule has 3 heterocycles. The standard InChI is InChI=1S/C20H24FN5O2/c1-11-10-28-19(23-11)14-4-3-13(14)16-24-17-15(18(27)25-16)9-22-26(17)12-5-7-20(2,21)8-6-12/h9-10,12-14H,3-8H2,1-2H3,(H,24,25,27). The molecule has 0 radical (unpaired) electrons. The minimum Gasteiger partial charge on any atom is -0.448 e. The highest BCUT2D eigenvalue weighted by molar-refractivity contribution is 5.73. The molecule has 7 nitrogen and oxygen atoms in total. The Kier molecular flexibility index (Phi) is 3.93. The molecule has 8 heteroatoms. The number of H-pyrrole nitrogens is 1. The van der Waals surface area contributed by atoms with E-state index in [0.29, 0.717) is 48.4 Å². The third-order valence-corrected chi connectivity index (χ3v) is 6.40. The van der Waals surface area contributed by atoms with Crippen molar-refractivity contribution >= 4 is 11.0 Å². The van der Waals surface area contributed by atoms with Crippen molar-refractivity contribution in [1.82, 2.24) is 24.7 Å². The minimum atomic E-state index is -1.11. The number of aryl methyl sites for hydroxylation is 1. The zero-order valence-electron chi connectivity index (χ0n) is 16.1. The fourth-order valence-electron chi connectivity index (χ4n) is 4.51. The molecule has 1 N–H and O–H groups in total. The van der Waals surface area contributed by atoms with E-state index in [2.05, 4.69) is 15.1 Å². The van der Waals surface area contributed by atoms with Crippen LogP contribution in [0.15, 0.2) is 21.7 Å². The highest BCUT2D eigenvalue weighted by atomic mass is 19.1. The summed E-state index contributed by atoms with van der Waals surface area (Å²) in [6.07, 6.45) is 7.53. The highest BCUT2D eigenvalue weighted by Gasteiger charge is 2.39. The summed E-state index contributed by atoms with van der Waals surface area (Å²) < 4.78 is 21.6. The molecule has 0 amide bonds. The van der Waals surface area contributed by atoms with Crippen LogP contribution in [0.25, 0.3) is 11.0 Å². The van der Waals surface area contributed by atoms with Gasteiger partial charge in [-0.15, -0.1) is 0 Å². The fraction of sp³-hybridized carbons (Fsp3) is 0.600. The Bertz CT molecular complexity index is 1070. The number of hydrogen-bond acceptors (Lipinski definition) is 5. The third kappa shape index (κ3) is 2.86. The summed E-state index contributed by atoms with van der Waals surface area (Å²) in [5, 5.41) is 4.92. The van der Waals surface area contributed by atoms with Gasteiger partial charge in [-0.05, 0) is 52.4 Å². The van der Waals surface area contributed by atoms with Gasteiger partial charge in [-0.2, -0.15) is 5.10 Å².